The lowest BCUT2D eigenvalue weighted by atomic mass is 10.1. The molecule has 1 aromatic heterocycles. The minimum atomic E-state index is 0.249. The van der Waals surface area contributed by atoms with Gasteiger partial charge in [0.1, 0.15) is 0 Å². The van der Waals surface area contributed by atoms with Crippen LogP contribution in [0, 0.1) is 0 Å². The summed E-state index contributed by atoms with van der Waals surface area (Å²) in [7, 11) is 0. The summed E-state index contributed by atoms with van der Waals surface area (Å²) in [6, 6.07) is 2.82. The van der Waals surface area contributed by atoms with Crippen molar-refractivity contribution in [2.45, 2.75) is 32.4 Å². The number of rotatable bonds is 2. The molecule has 1 N–H and O–H groups in total. The normalized spacial score (nSPS) is 25.8. The minimum Gasteiger partial charge on any atom is -0.339 e. The quantitative estimate of drug-likeness (QED) is 0.847. The van der Waals surface area contributed by atoms with Crippen molar-refractivity contribution in [1.82, 2.24) is 10.2 Å². The van der Waals surface area contributed by atoms with Gasteiger partial charge in [-0.05, 0) is 36.2 Å². The SMILES string of the molecule is CC1CN(C(=O)Cc2ccsc2)CC(C)N1. The Balaban J connectivity index is 1.94. The Kier molecular flexibility index (Phi) is 3.61. The molecule has 2 heterocycles. The van der Waals surface area contributed by atoms with Crippen molar-refractivity contribution >= 4 is 17.2 Å². The number of amides is 1. The molecule has 1 aliphatic heterocycles. The Labute approximate surface area is 100 Å². The van der Waals surface area contributed by atoms with Crippen molar-refractivity contribution in [3.8, 4) is 0 Å². The second kappa shape index (κ2) is 4.97. The molecule has 1 aromatic rings. The van der Waals surface area contributed by atoms with Crippen molar-refractivity contribution < 1.29 is 4.79 Å². The van der Waals surface area contributed by atoms with E-state index < -0.39 is 0 Å². The van der Waals surface area contributed by atoms with E-state index in [0.29, 0.717) is 18.5 Å². The molecule has 0 aromatic carbocycles. The maximum atomic E-state index is 12.1. The number of thiophene rings is 1. The van der Waals surface area contributed by atoms with Gasteiger partial charge >= 0.3 is 0 Å². The smallest absolute Gasteiger partial charge is 0.227 e. The molecule has 2 rings (SSSR count). The van der Waals surface area contributed by atoms with Crippen LogP contribution >= 0.6 is 11.3 Å². The molecule has 0 radical (unpaired) electrons. The van der Waals surface area contributed by atoms with E-state index in [1.165, 1.54) is 0 Å². The van der Waals surface area contributed by atoms with Crippen LogP contribution in [-0.4, -0.2) is 36.0 Å². The molecular formula is C12H18N2OS. The van der Waals surface area contributed by atoms with Crippen LogP contribution in [0.1, 0.15) is 19.4 Å². The zero-order valence-corrected chi connectivity index (χ0v) is 10.6. The van der Waals surface area contributed by atoms with Gasteiger partial charge in [0, 0.05) is 25.2 Å². The highest BCUT2D eigenvalue weighted by Crippen LogP contribution is 2.11. The van der Waals surface area contributed by atoms with Crippen LogP contribution in [0.4, 0.5) is 0 Å². The van der Waals surface area contributed by atoms with E-state index in [0.717, 1.165) is 18.7 Å². The van der Waals surface area contributed by atoms with Gasteiger partial charge in [-0.1, -0.05) is 0 Å². The summed E-state index contributed by atoms with van der Waals surface area (Å²) >= 11 is 1.65. The zero-order valence-electron chi connectivity index (χ0n) is 9.77. The molecule has 1 aliphatic rings. The van der Waals surface area contributed by atoms with Gasteiger partial charge in [-0.25, -0.2) is 0 Å². The highest BCUT2D eigenvalue weighted by molar-refractivity contribution is 7.07. The Morgan fingerprint density at radius 1 is 1.50 bits per heavy atom. The summed E-state index contributed by atoms with van der Waals surface area (Å²) in [6.45, 7) is 5.90. The highest BCUT2D eigenvalue weighted by Gasteiger charge is 2.24. The predicted octanol–water partition coefficient (Wildman–Crippen LogP) is 1.50. The molecule has 0 aliphatic carbocycles. The number of piperazine rings is 1. The van der Waals surface area contributed by atoms with Gasteiger partial charge in [0.25, 0.3) is 0 Å². The molecule has 0 spiro atoms. The lowest BCUT2D eigenvalue weighted by Crippen LogP contribution is -2.56. The van der Waals surface area contributed by atoms with Crippen LogP contribution in [0.2, 0.25) is 0 Å². The van der Waals surface area contributed by atoms with Crippen LogP contribution < -0.4 is 5.32 Å². The second-order valence-corrected chi connectivity index (χ2v) is 5.36. The van der Waals surface area contributed by atoms with E-state index in [4.69, 9.17) is 0 Å². The fourth-order valence-corrected chi connectivity index (χ4v) is 2.88. The average molecular weight is 238 g/mol. The maximum Gasteiger partial charge on any atom is 0.227 e. The molecule has 3 nitrogen and oxygen atoms in total. The first-order chi connectivity index (χ1) is 7.65. The van der Waals surface area contributed by atoms with Gasteiger partial charge in [-0.3, -0.25) is 4.79 Å². The van der Waals surface area contributed by atoms with Crippen LogP contribution in [0.5, 0.6) is 0 Å². The third-order valence-electron chi connectivity index (χ3n) is 2.85. The van der Waals surface area contributed by atoms with Crippen molar-refractivity contribution in [2.75, 3.05) is 13.1 Å². The largest absolute Gasteiger partial charge is 0.339 e. The standard InChI is InChI=1S/C12H18N2OS/c1-9-6-14(7-10(2)13-9)12(15)5-11-3-4-16-8-11/h3-4,8-10,13H,5-7H2,1-2H3. The first kappa shape index (κ1) is 11.6. The number of hydrogen-bond acceptors (Lipinski definition) is 3. The van der Waals surface area contributed by atoms with Gasteiger partial charge in [-0.2, -0.15) is 11.3 Å². The van der Waals surface area contributed by atoms with Crippen LogP contribution in [0.25, 0.3) is 0 Å². The molecule has 4 heteroatoms. The fraction of sp³-hybridized carbons (Fsp3) is 0.583. The van der Waals surface area contributed by atoms with E-state index in [9.17, 15) is 4.79 Å². The lowest BCUT2D eigenvalue weighted by Gasteiger charge is -2.36. The van der Waals surface area contributed by atoms with Gasteiger partial charge in [0.2, 0.25) is 5.91 Å². The van der Waals surface area contributed by atoms with Gasteiger partial charge < -0.3 is 10.2 Å². The van der Waals surface area contributed by atoms with Crippen molar-refractivity contribution in [1.29, 1.82) is 0 Å². The van der Waals surface area contributed by atoms with Gasteiger partial charge in [0.15, 0.2) is 0 Å². The van der Waals surface area contributed by atoms with Gasteiger partial charge in [-0.15, -0.1) is 0 Å². The monoisotopic (exact) mass is 238 g/mol. The predicted molar refractivity (Wildman–Crippen MR) is 66.7 cm³/mol. The minimum absolute atomic E-state index is 0.249. The summed E-state index contributed by atoms with van der Waals surface area (Å²) in [5.41, 5.74) is 1.13. The Hall–Kier alpha value is -0.870. The Morgan fingerprint density at radius 2 is 2.19 bits per heavy atom. The van der Waals surface area contributed by atoms with Gasteiger partial charge in [0.05, 0.1) is 6.42 Å². The summed E-state index contributed by atoms with van der Waals surface area (Å²) in [5.74, 6) is 0.249. The van der Waals surface area contributed by atoms with Crippen molar-refractivity contribution in [3.05, 3.63) is 22.4 Å². The maximum absolute atomic E-state index is 12.1. The summed E-state index contributed by atoms with van der Waals surface area (Å²) in [4.78, 5) is 14.0. The molecule has 2 atom stereocenters. The number of carbonyl (C=O) groups is 1. The third kappa shape index (κ3) is 2.83. The van der Waals surface area contributed by atoms with E-state index >= 15 is 0 Å². The first-order valence-corrected chi connectivity index (χ1v) is 6.64. The van der Waals surface area contributed by atoms with E-state index in [1.54, 1.807) is 11.3 Å². The number of carbonyl (C=O) groups excluding carboxylic acids is 1. The topological polar surface area (TPSA) is 32.3 Å². The molecule has 88 valence electrons. The molecule has 0 saturated carbocycles. The molecule has 2 unspecified atom stereocenters. The molecule has 16 heavy (non-hydrogen) atoms. The van der Waals surface area contributed by atoms with Crippen molar-refractivity contribution in [2.24, 2.45) is 0 Å². The summed E-state index contributed by atoms with van der Waals surface area (Å²) < 4.78 is 0. The van der Waals surface area contributed by atoms with E-state index in [1.807, 2.05) is 21.7 Å². The van der Waals surface area contributed by atoms with Crippen molar-refractivity contribution in [3.63, 3.8) is 0 Å². The third-order valence-corrected chi connectivity index (χ3v) is 3.58. The van der Waals surface area contributed by atoms with E-state index in [2.05, 4.69) is 19.2 Å². The zero-order chi connectivity index (χ0) is 11.5. The lowest BCUT2D eigenvalue weighted by molar-refractivity contribution is -0.132. The van der Waals surface area contributed by atoms with Crippen LogP contribution in [0.3, 0.4) is 0 Å². The number of nitrogens with zero attached hydrogens (tertiary/aromatic N) is 1. The first-order valence-electron chi connectivity index (χ1n) is 5.70. The fourth-order valence-electron chi connectivity index (χ4n) is 2.21. The van der Waals surface area contributed by atoms with Crippen LogP contribution in [0.15, 0.2) is 16.8 Å². The molecule has 0 bridgehead atoms. The van der Waals surface area contributed by atoms with Crippen LogP contribution in [-0.2, 0) is 11.2 Å². The Morgan fingerprint density at radius 3 is 2.75 bits per heavy atom. The molecule has 1 saturated heterocycles. The highest BCUT2D eigenvalue weighted by atomic mass is 32.1. The summed E-state index contributed by atoms with van der Waals surface area (Å²) in [5, 5.41) is 7.50. The molecule has 1 amide bonds. The van der Waals surface area contributed by atoms with E-state index in [-0.39, 0.29) is 5.91 Å². The molecule has 1 fully saturated rings. The second-order valence-electron chi connectivity index (χ2n) is 4.58. The number of nitrogens with one attached hydrogen (secondary N) is 1. The molecular weight excluding hydrogens is 220 g/mol. The summed E-state index contributed by atoms with van der Waals surface area (Å²) in [6.07, 6.45) is 0.545. The number of hydrogen-bond donors (Lipinski definition) is 1. The average Bonchev–Trinajstić information content (AvgIpc) is 2.68. The Bertz CT molecular complexity index is 340.